The molecule has 0 spiro atoms. The van der Waals surface area contributed by atoms with Crippen LogP contribution in [-0.4, -0.2) is 32.7 Å². The number of methoxy groups -OCH3 is 2. The van der Waals surface area contributed by atoms with Gasteiger partial charge in [0, 0.05) is 17.3 Å². The van der Waals surface area contributed by atoms with Crippen LogP contribution in [0.3, 0.4) is 0 Å². The van der Waals surface area contributed by atoms with Crippen LogP contribution in [0.5, 0.6) is 17.2 Å². The Morgan fingerprint density at radius 2 is 1.88 bits per heavy atom. The SMILES string of the molecule is CCCC[Si](C)(C)Oc1c(/C=C/c2cc(C)[nH]n2)cc(OC)cc1OC. The zero-order valence-electron chi connectivity index (χ0n) is 16.7. The normalized spacial score (nSPS) is 11.8. The Kier molecular flexibility index (Phi) is 6.91. The maximum atomic E-state index is 6.53. The molecule has 0 aliphatic carbocycles. The zero-order valence-corrected chi connectivity index (χ0v) is 17.7. The highest BCUT2D eigenvalue weighted by Crippen LogP contribution is 2.39. The third-order valence-electron chi connectivity index (χ3n) is 4.18. The Morgan fingerprint density at radius 3 is 2.46 bits per heavy atom. The third-order valence-corrected chi connectivity index (χ3v) is 6.50. The summed E-state index contributed by atoms with van der Waals surface area (Å²) < 4.78 is 17.5. The monoisotopic (exact) mass is 374 g/mol. The molecule has 2 aromatic rings. The molecule has 0 amide bonds. The summed E-state index contributed by atoms with van der Waals surface area (Å²) in [5.41, 5.74) is 2.83. The van der Waals surface area contributed by atoms with Crippen LogP contribution in [-0.2, 0) is 0 Å². The van der Waals surface area contributed by atoms with Gasteiger partial charge in [-0.2, -0.15) is 5.10 Å². The summed E-state index contributed by atoms with van der Waals surface area (Å²) in [6, 6.07) is 6.95. The Balaban J connectivity index is 2.41. The van der Waals surface area contributed by atoms with Crippen LogP contribution in [0.1, 0.15) is 36.7 Å². The maximum absolute atomic E-state index is 6.53. The van der Waals surface area contributed by atoms with Crippen molar-refractivity contribution in [2.75, 3.05) is 14.2 Å². The van der Waals surface area contributed by atoms with Gasteiger partial charge in [-0.05, 0) is 50.3 Å². The van der Waals surface area contributed by atoms with Gasteiger partial charge in [0.2, 0.25) is 8.32 Å². The molecule has 0 fully saturated rings. The molecule has 0 aliphatic rings. The number of rotatable bonds is 9. The van der Waals surface area contributed by atoms with Crippen molar-refractivity contribution in [3.05, 3.63) is 35.2 Å². The minimum atomic E-state index is -1.85. The first kappa shape index (κ1) is 20.1. The van der Waals surface area contributed by atoms with E-state index in [0.29, 0.717) is 5.75 Å². The highest BCUT2D eigenvalue weighted by atomic mass is 28.4. The lowest BCUT2D eigenvalue weighted by atomic mass is 10.1. The topological polar surface area (TPSA) is 56.4 Å². The van der Waals surface area contributed by atoms with Crippen molar-refractivity contribution in [3.8, 4) is 17.2 Å². The number of nitrogens with one attached hydrogen (secondary N) is 1. The lowest BCUT2D eigenvalue weighted by Crippen LogP contribution is -2.34. The number of nitrogens with zero attached hydrogens (tertiary/aromatic N) is 1. The summed E-state index contributed by atoms with van der Waals surface area (Å²) in [5, 5.41) is 7.21. The van der Waals surface area contributed by atoms with Gasteiger partial charge in [0.1, 0.15) is 5.75 Å². The van der Waals surface area contributed by atoms with Gasteiger partial charge in [-0.1, -0.05) is 19.8 Å². The summed E-state index contributed by atoms with van der Waals surface area (Å²) in [6.45, 7) is 8.68. The van der Waals surface area contributed by atoms with E-state index >= 15 is 0 Å². The van der Waals surface area contributed by atoms with Crippen LogP contribution in [0.4, 0.5) is 0 Å². The molecular weight excluding hydrogens is 344 g/mol. The average molecular weight is 375 g/mol. The second kappa shape index (κ2) is 8.94. The van der Waals surface area contributed by atoms with Gasteiger partial charge < -0.3 is 13.9 Å². The van der Waals surface area contributed by atoms with Gasteiger partial charge in [-0.3, -0.25) is 5.10 Å². The zero-order chi connectivity index (χ0) is 19.2. The Hall–Kier alpha value is -2.21. The number of H-pyrrole nitrogens is 1. The van der Waals surface area contributed by atoms with Crippen LogP contribution >= 0.6 is 0 Å². The molecule has 0 atom stereocenters. The quantitative estimate of drug-likeness (QED) is 0.606. The molecular formula is C20H30N2O3Si. The van der Waals surface area contributed by atoms with Gasteiger partial charge in [0.05, 0.1) is 19.9 Å². The molecule has 1 heterocycles. The molecule has 1 aromatic heterocycles. The van der Waals surface area contributed by atoms with E-state index in [9.17, 15) is 0 Å². The van der Waals surface area contributed by atoms with Gasteiger partial charge in [0.25, 0.3) is 0 Å². The molecule has 0 saturated heterocycles. The summed E-state index contributed by atoms with van der Waals surface area (Å²) >= 11 is 0. The number of ether oxygens (including phenoxy) is 2. The highest BCUT2D eigenvalue weighted by molar-refractivity contribution is 6.71. The van der Waals surface area contributed by atoms with Crippen molar-refractivity contribution in [3.63, 3.8) is 0 Å². The molecule has 1 aromatic carbocycles. The van der Waals surface area contributed by atoms with Crippen LogP contribution in [0.2, 0.25) is 19.1 Å². The third kappa shape index (κ3) is 5.39. The molecule has 6 heteroatoms. The van der Waals surface area contributed by atoms with Gasteiger partial charge in [0.15, 0.2) is 11.5 Å². The fourth-order valence-electron chi connectivity index (χ4n) is 2.73. The number of aromatic nitrogens is 2. The molecule has 1 N–H and O–H groups in total. The second-order valence-electron chi connectivity index (χ2n) is 7.02. The molecule has 0 radical (unpaired) electrons. The minimum Gasteiger partial charge on any atom is -0.541 e. The Morgan fingerprint density at radius 1 is 1.12 bits per heavy atom. The van der Waals surface area contributed by atoms with Crippen molar-refractivity contribution in [1.82, 2.24) is 10.2 Å². The van der Waals surface area contributed by atoms with E-state index in [1.54, 1.807) is 14.2 Å². The van der Waals surface area contributed by atoms with E-state index < -0.39 is 8.32 Å². The number of benzene rings is 1. The van der Waals surface area contributed by atoms with Crippen LogP contribution < -0.4 is 13.9 Å². The van der Waals surface area contributed by atoms with Crippen molar-refractivity contribution >= 4 is 20.5 Å². The molecule has 0 saturated carbocycles. The number of aryl methyl sites for hydroxylation is 1. The van der Waals surface area contributed by atoms with Crippen molar-refractivity contribution in [1.29, 1.82) is 0 Å². The molecule has 0 unspecified atom stereocenters. The number of hydrogen-bond acceptors (Lipinski definition) is 4. The standard InChI is InChI=1S/C20H30N2O3Si/c1-7-8-11-26(5,6)25-20-16(9-10-17-12-15(2)21-22-17)13-18(23-3)14-19(20)24-4/h9-10,12-14H,7-8,11H2,1-6H3,(H,21,22)/b10-9+. The maximum Gasteiger partial charge on any atom is 0.245 e. The first-order chi connectivity index (χ1) is 12.4. The fourth-order valence-corrected chi connectivity index (χ4v) is 4.81. The molecule has 26 heavy (non-hydrogen) atoms. The highest BCUT2D eigenvalue weighted by Gasteiger charge is 2.26. The van der Waals surface area contributed by atoms with Gasteiger partial charge in [-0.25, -0.2) is 0 Å². The van der Waals surface area contributed by atoms with E-state index in [0.717, 1.165) is 34.5 Å². The summed E-state index contributed by atoms with van der Waals surface area (Å²) in [4.78, 5) is 0. The fraction of sp³-hybridized carbons (Fsp3) is 0.450. The van der Waals surface area contributed by atoms with Crippen LogP contribution in [0.15, 0.2) is 18.2 Å². The number of aromatic amines is 1. The predicted octanol–water partition coefficient (Wildman–Crippen LogP) is 5.29. The predicted molar refractivity (Wildman–Crippen MR) is 110 cm³/mol. The summed E-state index contributed by atoms with van der Waals surface area (Å²) in [6.07, 6.45) is 6.31. The smallest absolute Gasteiger partial charge is 0.245 e. The first-order valence-electron chi connectivity index (χ1n) is 9.03. The van der Waals surface area contributed by atoms with Crippen molar-refractivity contribution in [2.24, 2.45) is 0 Å². The lowest BCUT2D eigenvalue weighted by Gasteiger charge is -2.27. The summed E-state index contributed by atoms with van der Waals surface area (Å²) in [7, 11) is 1.46. The first-order valence-corrected chi connectivity index (χ1v) is 12.1. The molecule has 2 rings (SSSR count). The van der Waals surface area contributed by atoms with E-state index in [2.05, 4.69) is 30.2 Å². The minimum absolute atomic E-state index is 0.694. The second-order valence-corrected chi connectivity index (χ2v) is 11.2. The van der Waals surface area contributed by atoms with E-state index in [4.69, 9.17) is 13.9 Å². The largest absolute Gasteiger partial charge is 0.541 e. The van der Waals surface area contributed by atoms with Crippen molar-refractivity contribution in [2.45, 2.75) is 45.8 Å². The Bertz CT molecular complexity index is 754. The number of hydrogen-bond donors (Lipinski definition) is 1. The Labute approximate surface area is 157 Å². The van der Waals surface area contributed by atoms with Gasteiger partial charge in [-0.15, -0.1) is 0 Å². The molecule has 0 aliphatic heterocycles. The van der Waals surface area contributed by atoms with Crippen LogP contribution in [0.25, 0.3) is 12.2 Å². The van der Waals surface area contributed by atoms with Crippen LogP contribution in [0, 0.1) is 6.92 Å². The average Bonchev–Trinajstić information content (AvgIpc) is 3.04. The summed E-state index contributed by atoms with van der Waals surface area (Å²) in [5.74, 6) is 2.21. The number of unbranched alkanes of at least 4 members (excludes halogenated alkanes) is 1. The van der Waals surface area contributed by atoms with E-state index in [-0.39, 0.29) is 0 Å². The lowest BCUT2D eigenvalue weighted by molar-refractivity contribution is 0.377. The molecule has 0 bridgehead atoms. The van der Waals surface area contributed by atoms with E-state index in [1.165, 1.54) is 12.8 Å². The van der Waals surface area contributed by atoms with Gasteiger partial charge >= 0.3 is 0 Å². The molecule has 5 nitrogen and oxygen atoms in total. The van der Waals surface area contributed by atoms with Crippen molar-refractivity contribution < 1.29 is 13.9 Å². The molecule has 142 valence electrons. The van der Waals surface area contributed by atoms with E-state index in [1.807, 2.05) is 37.3 Å².